The molecule has 0 aliphatic rings. The van der Waals surface area contributed by atoms with E-state index in [1.807, 2.05) is 31.3 Å². The molecule has 0 fully saturated rings. The van der Waals surface area contributed by atoms with Gasteiger partial charge >= 0.3 is 0 Å². The number of nitrogens with one attached hydrogen (secondary N) is 2. The van der Waals surface area contributed by atoms with Crippen molar-refractivity contribution in [2.24, 2.45) is 5.92 Å². The van der Waals surface area contributed by atoms with Crippen molar-refractivity contribution in [3.8, 4) is 0 Å². The van der Waals surface area contributed by atoms with Crippen molar-refractivity contribution in [2.45, 2.75) is 33.7 Å². The van der Waals surface area contributed by atoms with E-state index in [1.54, 1.807) is 6.20 Å². The third-order valence-electron chi connectivity index (χ3n) is 3.06. The fourth-order valence-corrected chi connectivity index (χ4v) is 1.91. The van der Waals surface area contributed by atoms with Gasteiger partial charge in [-0.15, -0.1) is 0 Å². The van der Waals surface area contributed by atoms with Crippen molar-refractivity contribution in [3.05, 3.63) is 41.9 Å². The van der Waals surface area contributed by atoms with E-state index in [0.29, 0.717) is 18.4 Å². The predicted molar refractivity (Wildman–Crippen MR) is 86.3 cm³/mol. The second kappa shape index (κ2) is 7.57. The van der Waals surface area contributed by atoms with Crippen molar-refractivity contribution >= 4 is 11.8 Å². The van der Waals surface area contributed by atoms with E-state index < -0.39 is 0 Å². The fourth-order valence-electron chi connectivity index (χ4n) is 1.91. The zero-order chi connectivity index (χ0) is 15.1. The molecule has 2 rings (SSSR count). The van der Waals surface area contributed by atoms with Gasteiger partial charge in [0.25, 0.3) is 0 Å². The number of rotatable bonds is 7. The summed E-state index contributed by atoms with van der Waals surface area (Å²) < 4.78 is 0. The normalized spacial score (nSPS) is 10.7. The van der Waals surface area contributed by atoms with Crippen LogP contribution in [0.25, 0.3) is 0 Å². The van der Waals surface area contributed by atoms with Crippen molar-refractivity contribution in [1.29, 1.82) is 0 Å². The highest BCUT2D eigenvalue weighted by atomic mass is 15.1. The summed E-state index contributed by atoms with van der Waals surface area (Å²) >= 11 is 0. The minimum absolute atomic E-state index is 0.672. The largest absolute Gasteiger partial charge is 0.366 e. The highest BCUT2D eigenvalue weighted by Gasteiger charge is 2.03. The van der Waals surface area contributed by atoms with Gasteiger partial charge in [0.1, 0.15) is 5.82 Å². The molecule has 0 unspecified atom stereocenters. The summed E-state index contributed by atoms with van der Waals surface area (Å²) in [6, 6.07) is 5.92. The van der Waals surface area contributed by atoms with Crippen molar-refractivity contribution in [3.63, 3.8) is 0 Å². The summed E-state index contributed by atoms with van der Waals surface area (Å²) in [6.45, 7) is 7.99. The molecule has 0 aliphatic carbocycles. The smallest absolute Gasteiger partial charge is 0.224 e. The topological polar surface area (TPSA) is 62.7 Å². The lowest BCUT2D eigenvalue weighted by Crippen LogP contribution is -2.10. The monoisotopic (exact) mass is 285 g/mol. The van der Waals surface area contributed by atoms with Crippen LogP contribution in [0.3, 0.4) is 0 Å². The molecule has 2 aromatic rings. The standard InChI is InChI=1S/C16H23N5/c1-12(2)6-8-18-16-20-13(3)9-15(21-16)19-11-14-5-4-7-17-10-14/h4-5,7,9-10,12H,6,8,11H2,1-3H3,(H2,18,19,20,21). The summed E-state index contributed by atoms with van der Waals surface area (Å²) in [7, 11) is 0. The average Bonchev–Trinajstić information content (AvgIpc) is 2.45. The molecule has 2 aromatic heterocycles. The minimum Gasteiger partial charge on any atom is -0.366 e. The van der Waals surface area contributed by atoms with Gasteiger partial charge in [0, 0.05) is 37.2 Å². The lowest BCUT2D eigenvalue weighted by molar-refractivity contribution is 0.606. The Kier molecular flexibility index (Phi) is 5.49. The van der Waals surface area contributed by atoms with Gasteiger partial charge in [-0.3, -0.25) is 4.98 Å². The number of hydrogen-bond acceptors (Lipinski definition) is 5. The highest BCUT2D eigenvalue weighted by molar-refractivity contribution is 5.42. The molecule has 2 N–H and O–H groups in total. The third kappa shape index (κ3) is 5.38. The van der Waals surface area contributed by atoms with Crippen LogP contribution in [0.2, 0.25) is 0 Å². The molecule has 2 heterocycles. The number of pyridine rings is 1. The van der Waals surface area contributed by atoms with Crippen LogP contribution in [0.1, 0.15) is 31.5 Å². The second-order valence-electron chi connectivity index (χ2n) is 5.54. The number of hydrogen-bond donors (Lipinski definition) is 2. The van der Waals surface area contributed by atoms with Gasteiger partial charge in [0.2, 0.25) is 5.95 Å². The average molecular weight is 285 g/mol. The van der Waals surface area contributed by atoms with Crippen LogP contribution >= 0.6 is 0 Å². The molecule has 0 aromatic carbocycles. The molecule has 0 bridgehead atoms. The molecule has 0 atom stereocenters. The van der Waals surface area contributed by atoms with Crippen LogP contribution in [-0.4, -0.2) is 21.5 Å². The summed E-state index contributed by atoms with van der Waals surface area (Å²) in [6.07, 6.45) is 4.73. The minimum atomic E-state index is 0.672. The van der Waals surface area contributed by atoms with Gasteiger partial charge < -0.3 is 10.6 Å². The maximum atomic E-state index is 4.49. The molecule has 21 heavy (non-hydrogen) atoms. The van der Waals surface area contributed by atoms with Gasteiger partial charge in [-0.05, 0) is 30.9 Å². The van der Waals surface area contributed by atoms with Crippen LogP contribution < -0.4 is 10.6 Å². The van der Waals surface area contributed by atoms with Gasteiger partial charge in [-0.2, -0.15) is 4.98 Å². The van der Waals surface area contributed by atoms with Crippen LogP contribution in [0.5, 0.6) is 0 Å². The highest BCUT2D eigenvalue weighted by Crippen LogP contribution is 2.11. The van der Waals surface area contributed by atoms with E-state index in [2.05, 4.69) is 39.4 Å². The van der Waals surface area contributed by atoms with Crippen LogP contribution in [-0.2, 0) is 6.54 Å². The predicted octanol–water partition coefficient (Wildman–Crippen LogP) is 3.25. The molecule has 0 spiro atoms. The SMILES string of the molecule is Cc1cc(NCc2cccnc2)nc(NCCC(C)C)n1. The molecule has 0 aliphatic heterocycles. The molecular weight excluding hydrogens is 262 g/mol. The zero-order valence-corrected chi connectivity index (χ0v) is 12.9. The van der Waals surface area contributed by atoms with E-state index in [4.69, 9.17) is 0 Å². The Balaban J connectivity index is 1.94. The third-order valence-corrected chi connectivity index (χ3v) is 3.06. The Morgan fingerprint density at radius 1 is 1.19 bits per heavy atom. The number of aromatic nitrogens is 3. The van der Waals surface area contributed by atoms with E-state index in [0.717, 1.165) is 30.0 Å². The summed E-state index contributed by atoms with van der Waals surface area (Å²) in [5.74, 6) is 2.19. The van der Waals surface area contributed by atoms with Crippen LogP contribution in [0.4, 0.5) is 11.8 Å². The molecule has 5 heteroatoms. The Morgan fingerprint density at radius 2 is 2.05 bits per heavy atom. The van der Waals surface area contributed by atoms with Gasteiger partial charge in [0.15, 0.2) is 0 Å². The first-order valence-electron chi connectivity index (χ1n) is 7.36. The number of nitrogens with zero attached hydrogens (tertiary/aromatic N) is 3. The Labute approximate surface area is 126 Å². The Hall–Kier alpha value is -2.17. The van der Waals surface area contributed by atoms with Crippen LogP contribution in [0.15, 0.2) is 30.6 Å². The molecular formula is C16H23N5. The Morgan fingerprint density at radius 3 is 2.76 bits per heavy atom. The summed E-state index contributed by atoms with van der Waals surface area (Å²) in [4.78, 5) is 13.0. The number of aryl methyl sites for hydroxylation is 1. The number of anilines is 2. The maximum Gasteiger partial charge on any atom is 0.224 e. The molecule has 0 radical (unpaired) electrons. The second-order valence-corrected chi connectivity index (χ2v) is 5.54. The van der Waals surface area contributed by atoms with Gasteiger partial charge in [0.05, 0.1) is 0 Å². The van der Waals surface area contributed by atoms with E-state index in [-0.39, 0.29) is 0 Å². The van der Waals surface area contributed by atoms with Crippen molar-refractivity contribution in [1.82, 2.24) is 15.0 Å². The molecule has 5 nitrogen and oxygen atoms in total. The molecule has 0 saturated heterocycles. The lowest BCUT2D eigenvalue weighted by atomic mass is 10.1. The van der Waals surface area contributed by atoms with Gasteiger partial charge in [-0.25, -0.2) is 4.98 Å². The first-order chi connectivity index (χ1) is 10.1. The fraction of sp³-hybridized carbons (Fsp3) is 0.438. The molecule has 0 saturated carbocycles. The molecule has 0 amide bonds. The quantitative estimate of drug-likeness (QED) is 0.817. The van der Waals surface area contributed by atoms with E-state index in [1.165, 1.54) is 0 Å². The zero-order valence-electron chi connectivity index (χ0n) is 12.9. The Bertz CT molecular complexity index is 554. The first kappa shape index (κ1) is 15.2. The lowest BCUT2D eigenvalue weighted by Gasteiger charge is -2.10. The van der Waals surface area contributed by atoms with Gasteiger partial charge in [-0.1, -0.05) is 19.9 Å². The van der Waals surface area contributed by atoms with Crippen molar-refractivity contribution in [2.75, 3.05) is 17.2 Å². The van der Waals surface area contributed by atoms with Crippen molar-refractivity contribution < 1.29 is 0 Å². The molecule has 112 valence electrons. The van der Waals surface area contributed by atoms with Crippen LogP contribution in [0, 0.1) is 12.8 Å². The maximum absolute atomic E-state index is 4.49. The van der Waals surface area contributed by atoms with E-state index in [9.17, 15) is 0 Å². The summed E-state index contributed by atoms with van der Waals surface area (Å²) in [5.41, 5.74) is 2.08. The first-order valence-corrected chi connectivity index (χ1v) is 7.36. The summed E-state index contributed by atoms with van der Waals surface area (Å²) in [5, 5.41) is 6.59. The van der Waals surface area contributed by atoms with E-state index >= 15 is 0 Å².